The fourth-order valence-corrected chi connectivity index (χ4v) is 3.46. The second kappa shape index (κ2) is 7.30. The highest BCUT2D eigenvalue weighted by molar-refractivity contribution is 6.34. The second-order valence-electron chi connectivity index (χ2n) is 6.87. The molecule has 1 saturated carbocycles. The summed E-state index contributed by atoms with van der Waals surface area (Å²) < 4.78 is 16.8. The molecule has 1 N–H and O–H groups in total. The molecule has 2 fully saturated rings. The van der Waals surface area contributed by atoms with Gasteiger partial charge in [0.05, 0.1) is 30.5 Å². The molecule has 4 rings (SSSR count). The zero-order chi connectivity index (χ0) is 17.2. The van der Waals surface area contributed by atoms with Crippen LogP contribution in [-0.2, 0) is 4.74 Å². The molecule has 1 saturated heterocycles. The number of hydrogen-bond donors (Lipinski definition) is 1. The third-order valence-corrected chi connectivity index (χ3v) is 5.12. The molecule has 3 aliphatic rings. The molecule has 0 bridgehead atoms. The fourth-order valence-electron chi connectivity index (χ4n) is 3.26. The van der Waals surface area contributed by atoms with Crippen LogP contribution in [0.15, 0.2) is 12.1 Å². The number of carbonyl (C=O) groups is 1. The Hall–Kier alpha value is -1.66. The van der Waals surface area contributed by atoms with Crippen molar-refractivity contribution in [2.24, 2.45) is 5.92 Å². The van der Waals surface area contributed by atoms with E-state index in [9.17, 15) is 4.79 Å². The SMILES string of the molecule is O=C(Nc1cc2c(cc1Cl)OCCCO2)N(C[C@H]1CCOC1)C1CC1. The number of anilines is 1. The van der Waals surface area contributed by atoms with Crippen molar-refractivity contribution in [3.8, 4) is 11.5 Å². The van der Waals surface area contributed by atoms with Crippen molar-refractivity contribution in [1.82, 2.24) is 4.90 Å². The van der Waals surface area contributed by atoms with Crippen LogP contribution < -0.4 is 14.8 Å². The molecule has 25 heavy (non-hydrogen) atoms. The van der Waals surface area contributed by atoms with E-state index in [0.717, 1.165) is 45.4 Å². The van der Waals surface area contributed by atoms with Crippen LogP contribution in [0.3, 0.4) is 0 Å². The Bertz CT molecular complexity index is 644. The largest absolute Gasteiger partial charge is 0.490 e. The second-order valence-corrected chi connectivity index (χ2v) is 7.28. The summed E-state index contributed by atoms with van der Waals surface area (Å²) in [6.07, 6.45) is 3.97. The number of halogens is 1. The Balaban J connectivity index is 1.48. The van der Waals surface area contributed by atoms with Crippen molar-refractivity contribution in [2.45, 2.75) is 31.7 Å². The molecule has 136 valence electrons. The van der Waals surface area contributed by atoms with Crippen LogP contribution in [0, 0.1) is 5.92 Å². The number of nitrogens with zero attached hydrogens (tertiary/aromatic N) is 1. The molecule has 1 atom stereocenters. The van der Waals surface area contributed by atoms with Crippen LogP contribution in [0.4, 0.5) is 10.5 Å². The summed E-state index contributed by atoms with van der Waals surface area (Å²) in [5.74, 6) is 1.67. The van der Waals surface area contributed by atoms with E-state index in [1.54, 1.807) is 12.1 Å². The topological polar surface area (TPSA) is 60.0 Å². The molecule has 0 spiro atoms. The van der Waals surface area contributed by atoms with E-state index in [2.05, 4.69) is 5.32 Å². The summed E-state index contributed by atoms with van der Waals surface area (Å²) in [5, 5.41) is 3.41. The van der Waals surface area contributed by atoms with Gasteiger partial charge in [-0.2, -0.15) is 0 Å². The lowest BCUT2D eigenvalue weighted by molar-refractivity contribution is 0.167. The smallest absolute Gasteiger partial charge is 0.322 e. The first kappa shape index (κ1) is 16.8. The van der Waals surface area contributed by atoms with Crippen LogP contribution in [0.25, 0.3) is 0 Å². The van der Waals surface area contributed by atoms with Gasteiger partial charge in [-0.1, -0.05) is 11.6 Å². The monoisotopic (exact) mass is 366 g/mol. The summed E-state index contributed by atoms with van der Waals surface area (Å²) in [7, 11) is 0. The summed E-state index contributed by atoms with van der Waals surface area (Å²) >= 11 is 6.34. The lowest BCUT2D eigenvalue weighted by atomic mass is 10.1. The van der Waals surface area contributed by atoms with Crippen molar-refractivity contribution >= 4 is 23.3 Å². The Kier molecular flexibility index (Phi) is 4.90. The predicted molar refractivity (Wildman–Crippen MR) is 94.7 cm³/mol. The van der Waals surface area contributed by atoms with Gasteiger partial charge in [-0.3, -0.25) is 0 Å². The average molecular weight is 367 g/mol. The zero-order valence-corrected chi connectivity index (χ0v) is 14.9. The molecule has 2 amide bonds. The van der Waals surface area contributed by atoms with Crippen molar-refractivity contribution in [3.05, 3.63) is 17.2 Å². The highest BCUT2D eigenvalue weighted by atomic mass is 35.5. The molecule has 0 aromatic heterocycles. The molecule has 0 unspecified atom stereocenters. The number of nitrogens with one attached hydrogen (secondary N) is 1. The minimum Gasteiger partial charge on any atom is -0.490 e. The van der Waals surface area contributed by atoms with Crippen molar-refractivity contribution < 1.29 is 19.0 Å². The highest BCUT2D eigenvalue weighted by Crippen LogP contribution is 2.38. The molecule has 7 heteroatoms. The molecular formula is C18H23ClN2O4. The van der Waals surface area contributed by atoms with Gasteiger partial charge in [0.25, 0.3) is 0 Å². The van der Waals surface area contributed by atoms with E-state index in [0.29, 0.717) is 47.4 Å². The molecule has 1 aliphatic carbocycles. The van der Waals surface area contributed by atoms with Gasteiger partial charge in [-0.25, -0.2) is 4.79 Å². The van der Waals surface area contributed by atoms with Crippen LogP contribution in [0.5, 0.6) is 11.5 Å². The van der Waals surface area contributed by atoms with Crippen LogP contribution >= 0.6 is 11.6 Å². The Labute approximate surface area is 152 Å². The van der Waals surface area contributed by atoms with Gasteiger partial charge in [0.2, 0.25) is 0 Å². The first-order chi connectivity index (χ1) is 12.2. The summed E-state index contributed by atoms with van der Waals surface area (Å²) in [5.41, 5.74) is 0.559. The van der Waals surface area contributed by atoms with Crippen LogP contribution in [0.2, 0.25) is 5.02 Å². The maximum Gasteiger partial charge on any atom is 0.322 e. The first-order valence-electron chi connectivity index (χ1n) is 8.95. The van der Waals surface area contributed by atoms with Gasteiger partial charge in [-0.05, 0) is 19.3 Å². The molecule has 0 radical (unpaired) electrons. The number of rotatable bonds is 4. The maximum atomic E-state index is 12.8. The van der Waals surface area contributed by atoms with Gasteiger partial charge >= 0.3 is 6.03 Å². The quantitative estimate of drug-likeness (QED) is 0.885. The number of hydrogen-bond acceptors (Lipinski definition) is 4. The minimum absolute atomic E-state index is 0.106. The maximum absolute atomic E-state index is 12.8. The highest BCUT2D eigenvalue weighted by Gasteiger charge is 2.35. The minimum atomic E-state index is -0.106. The normalized spacial score (nSPS) is 22.4. The lowest BCUT2D eigenvalue weighted by Crippen LogP contribution is -2.40. The Morgan fingerprint density at radius 2 is 1.92 bits per heavy atom. The van der Waals surface area contributed by atoms with E-state index < -0.39 is 0 Å². The van der Waals surface area contributed by atoms with Gasteiger partial charge in [0.1, 0.15) is 0 Å². The number of benzene rings is 1. The number of carbonyl (C=O) groups excluding carboxylic acids is 1. The molecule has 2 heterocycles. The van der Waals surface area contributed by atoms with E-state index in [1.165, 1.54) is 0 Å². The Morgan fingerprint density at radius 3 is 2.60 bits per heavy atom. The number of fused-ring (bicyclic) bond motifs is 1. The van der Waals surface area contributed by atoms with Crippen molar-refractivity contribution in [3.63, 3.8) is 0 Å². The summed E-state index contributed by atoms with van der Waals surface area (Å²) in [4.78, 5) is 14.7. The molecule has 1 aromatic rings. The molecule has 2 aliphatic heterocycles. The van der Waals surface area contributed by atoms with Gasteiger partial charge in [-0.15, -0.1) is 0 Å². The van der Waals surface area contributed by atoms with Gasteiger partial charge < -0.3 is 24.4 Å². The fraction of sp³-hybridized carbons (Fsp3) is 0.611. The van der Waals surface area contributed by atoms with E-state index in [4.69, 9.17) is 25.8 Å². The first-order valence-corrected chi connectivity index (χ1v) is 9.33. The third-order valence-electron chi connectivity index (χ3n) is 4.81. The average Bonchev–Trinajstić information content (AvgIpc) is 3.35. The number of ether oxygens (including phenoxy) is 3. The van der Waals surface area contributed by atoms with E-state index in [1.807, 2.05) is 4.90 Å². The molecule has 1 aromatic carbocycles. The predicted octanol–water partition coefficient (Wildman–Crippen LogP) is 3.53. The standard InChI is InChI=1S/C18H23ClN2O4/c19-14-8-16-17(25-6-1-5-24-16)9-15(14)20-18(22)21(13-2-3-13)10-12-4-7-23-11-12/h8-9,12-13H,1-7,10-11H2,(H,20,22)/t12-/m1/s1. The lowest BCUT2D eigenvalue weighted by Gasteiger charge is -2.26. The Morgan fingerprint density at radius 1 is 1.16 bits per heavy atom. The van der Waals surface area contributed by atoms with E-state index in [-0.39, 0.29) is 6.03 Å². The molecular weight excluding hydrogens is 344 g/mol. The summed E-state index contributed by atoms with van der Waals surface area (Å²) in [6, 6.07) is 3.69. The third kappa shape index (κ3) is 3.96. The van der Waals surface area contributed by atoms with Crippen LogP contribution in [-0.4, -0.2) is 49.9 Å². The number of amides is 2. The number of urea groups is 1. The molecule has 6 nitrogen and oxygen atoms in total. The van der Waals surface area contributed by atoms with Gasteiger partial charge in [0.15, 0.2) is 11.5 Å². The van der Waals surface area contributed by atoms with Gasteiger partial charge in [0, 0.05) is 43.7 Å². The van der Waals surface area contributed by atoms with E-state index >= 15 is 0 Å². The van der Waals surface area contributed by atoms with Crippen LogP contribution in [0.1, 0.15) is 25.7 Å². The summed E-state index contributed by atoms with van der Waals surface area (Å²) in [6.45, 7) is 3.46. The van der Waals surface area contributed by atoms with Crippen molar-refractivity contribution in [1.29, 1.82) is 0 Å². The zero-order valence-electron chi connectivity index (χ0n) is 14.1. The van der Waals surface area contributed by atoms with Crippen molar-refractivity contribution in [2.75, 3.05) is 38.3 Å².